The number of imide groups is 1. The fraction of sp³-hybridized carbons (Fsp3) is 0.750. The maximum atomic E-state index is 11.7. The van der Waals surface area contributed by atoms with E-state index in [1.165, 1.54) is 0 Å². The first-order chi connectivity index (χ1) is 8.68. The molecule has 6 nitrogen and oxygen atoms in total. The monoisotopic (exact) mass is 254 g/mol. The number of nitrogens with one attached hydrogen (secondary N) is 1. The van der Waals surface area contributed by atoms with Gasteiger partial charge in [-0.3, -0.25) is 14.5 Å². The van der Waals surface area contributed by atoms with E-state index in [9.17, 15) is 14.4 Å². The Bertz CT molecular complexity index is 350. The van der Waals surface area contributed by atoms with Crippen molar-refractivity contribution in [1.29, 1.82) is 0 Å². The highest BCUT2D eigenvalue weighted by Crippen LogP contribution is 2.24. The molecule has 18 heavy (non-hydrogen) atoms. The molecular weight excluding hydrogens is 236 g/mol. The molecule has 100 valence electrons. The summed E-state index contributed by atoms with van der Waals surface area (Å²) in [6.07, 6.45) is 4.94. The lowest BCUT2D eigenvalue weighted by molar-refractivity contribution is -0.155. The molecule has 2 aliphatic rings. The van der Waals surface area contributed by atoms with Crippen molar-refractivity contribution in [1.82, 2.24) is 10.2 Å². The van der Waals surface area contributed by atoms with Gasteiger partial charge in [0.25, 0.3) is 5.91 Å². The summed E-state index contributed by atoms with van der Waals surface area (Å²) >= 11 is 0. The molecule has 1 N–H and O–H groups in total. The maximum Gasteiger partial charge on any atom is 0.324 e. The van der Waals surface area contributed by atoms with E-state index >= 15 is 0 Å². The highest BCUT2D eigenvalue weighted by Gasteiger charge is 2.28. The molecule has 0 bridgehead atoms. The normalized spacial score (nSPS) is 20.7. The van der Waals surface area contributed by atoms with Crippen molar-refractivity contribution in [3.8, 4) is 0 Å². The molecule has 2 rings (SSSR count). The number of carbonyl (C=O) groups is 3. The van der Waals surface area contributed by atoms with E-state index in [0.29, 0.717) is 13.1 Å². The van der Waals surface area contributed by atoms with Gasteiger partial charge in [-0.15, -0.1) is 0 Å². The van der Waals surface area contributed by atoms with Gasteiger partial charge in [0.15, 0.2) is 6.61 Å². The summed E-state index contributed by atoms with van der Waals surface area (Å²) in [5.41, 5.74) is 0. The second-order valence-electron chi connectivity index (χ2n) is 4.72. The molecule has 0 spiro atoms. The van der Waals surface area contributed by atoms with Crippen LogP contribution in [0.2, 0.25) is 0 Å². The third kappa shape index (κ3) is 3.00. The number of rotatable bonds is 3. The molecule has 0 aromatic carbocycles. The van der Waals surface area contributed by atoms with Gasteiger partial charge in [0, 0.05) is 13.1 Å². The number of esters is 1. The summed E-state index contributed by atoms with van der Waals surface area (Å²) in [5.74, 6) is -0.823. The molecule has 0 radical (unpaired) electrons. The number of ether oxygens (including phenoxy) is 1. The number of hydrogen-bond donors (Lipinski definition) is 1. The fourth-order valence-electron chi connectivity index (χ4n) is 2.38. The van der Waals surface area contributed by atoms with Crippen LogP contribution in [0.4, 0.5) is 4.79 Å². The smallest absolute Gasteiger partial charge is 0.324 e. The van der Waals surface area contributed by atoms with Crippen molar-refractivity contribution >= 4 is 17.9 Å². The molecule has 3 amide bonds. The van der Waals surface area contributed by atoms with Crippen molar-refractivity contribution in [2.75, 3.05) is 19.7 Å². The third-order valence-electron chi connectivity index (χ3n) is 3.43. The maximum absolute atomic E-state index is 11.7. The Balaban J connectivity index is 1.75. The molecule has 0 aromatic heterocycles. The Morgan fingerprint density at radius 3 is 2.61 bits per heavy atom. The zero-order valence-electron chi connectivity index (χ0n) is 10.3. The molecule has 1 heterocycles. The second-order valence-corrected chi connectivity index (χ2v) is 4.72. The Morgan fingerprint density at radius 2 is 2.00 bits per heavy atom. The van der Waals surface area contributed by atoms with Crippen LogP contribution in [-0.2, 0) is 14.3 Å². The molecule has 0 unspecified atom stereocenters. The number of nitrogens with zero attached hydrogens (tertiary/aromatic N) is 1. The minimum atomic E-state index is -0.450. The molecule has 0 aromatic rings. The van der Waals surface area contributed by atoms with E-state index in [1.54, 1.807) is 0 Å². The van der Waals surface area contributed by atoms with E-state index in [-0.39, 0.29) is 18.5 Å². The SMILES string of the molecule is O=C(OCC(=O)N1CCNC1=O)C1CCCCC1. The number of hydrogen-bond acceptors (Lipinski definition) is 4. The lowest BCUT2D eigenvalue weighted by Gasteiger charge is -2.20. The number of amides is 3. The topological polar surface area (TPSA) is 75.7 Å². The first kappa shape index (κ1) is 12.9. The third-order valence-corrected chi connectivity index (χ3v) is 3.43. The molecule has 1 aliphatic heterocycles. The molecule has 6 heteroatoms. The van der Waals surface area contributed by atoms with Crippen LogP contribution < -0.4 is 5.32 Å². The van der Waals surface area contributed by atoms with Gasteiger partial charge >= 0.3 is 12.0 Å². The highest BCUT2D eigenvalue weighted by atomic mass is 16.5. The Morgan fingerprint density at radius 1 is 1.28 bits per heavy atom. The van der Waals surface area contributed by atoms with Crippen molar-refractivity contribution < 1.29 is 19.1 Å². The van der Waals surface area contributed by atoms with E-state index < -0.39 is 11.9 Å². The van der Waals surface area contributed by atoms with Crippen molar-refractivity contribution in [2.45, 2.75) is 32.1 Å². The van der Waals surface area contributed by atoms with Crippen LogP contribution in [0.15, 0.2) is 0 Å². The minimum Gasteiger partial charge on any atom is -0.455 e. The van der Waals surface area contributed by atoms with Gasteiger partial charge in [-0.2, -0.15) is 0 Å². The lowest BCUT2D eigenvalue weighted by Crippen LogP contribution is -2.37. The van der Waals surface area contributed by atoms with Gasteiger partial charge in [-0.25, -0.2) is 4.79 Å². The second kappa shape index (κ2) is 5.84. The molecule has 1 saturated carbocycles. The molecule has 0 atom stereocenters. The van der Waals surface area contributed by atoms with E-state index in [0.717, 1.165) is 37.0 Å². The summed E-state index contributed by atoms with van der Waals surface area (Å²) < 4.78 is 4.99. The first-order valence-electron chi connectivity index (χ1n) is 6.43. The molecule has 1 saturated heterocycles. The van der Waals surface area contributed by atoms with Gasteiger partial charge in [0.2, 0.25) is 0 Å². The van der Waals surface area contributed by atoms with Gasteiger partial charge in [-0.05, 0) is 12.8 Å². The van der Waals surface area contributed by atoms with Crippen LogP contribution in [0.3, 0.4) is 0 Å². The Hall–Kier alpha value is -1.59. The quantitative estimate of drug-likeness (QED) is 0.751. The van der Waals surface area contributed by atoms with Crippen molar-refractivity contribution in [3.63, 3.8) is 0 Å². The highest BCUT2D eigenvalue weighted by molar-refractivity contribution is 5.97. The van der Waals surface area contributed by atoms with Gasteiger partial charge in [0.05, 0.1) is 5.92 Å². The van der Waals surface area contributed by atoms with Crippen LogP contribution in [0.25, 0.3) is 0 Å². The van der Waals surface area contributed by atoms with Gasteiger partial charge in [0.1, 0.15) is 0 Å². The summed E-state index contributed by atoms with van der Waals surface area (Å²) in [6, 6.07) is -0.409. The van der Waals surface area contributed by atoms with E-state index in [1.807, 2.05) is 0 Å². The predicted molar refractivity (Wildman–Crippen MR) is 62.6 cm³/mol. The predicted octanol–water partition coefficient (Wildman–Crippen LogP) is 0.662. The molecule has 1 aliphatic carbocycles. The largest absolute Gasteiger partial charge is 0.455 e. The number of carbonyl (C=O) groups excluding carboxylic acids is 3. The number of urea groups is 1. The summed E-state index contributed by atoms with van der Waals surface area (Å²) in [5, 5.41) is 2.53. The van der Waals surface area contributed by atoms with Crippen LogP contribution in [0.5, 0.6) is 0 Å². The Kier molecular flexibility index (Phi) is 4.17. The fourth-order valence-corrected chi connectivity index (χ4v) is 2.38. The van der Waals surface area contributed by atoms with Crippen LogP contribution in [-0.4, -0.2) is 42.5 Å². The standard InChI is InChI=1S/C12H18N2O4/c15-10(14-7-6-13-12(14)17)8-18-11(16)9-4-2-1-3-5-9/h9H,1-8H2,(H,13,17). The van der Waals surface area contributed by atoms with E-state index in [4.69, 9.17) is 4.74 Å². The zero-order valence-corrected chi connectivity index (χ0v) is 10.3. The van der Waals surface area contributed by atoms with Crippen LogP contribution in [0.1, 0.15) is 32.1 Å². The zero-order chi connectivity index (χ0) is 13.0. The first-order valence-corrected chi connectivity index (χ1v) is 6.43. The average molecular weight is 254 g/mol. The van der Waals surface area contributed by atoms with Gasteiger partial charge < -0.3 is 10.1 Å². The summed E-state index contributed by atoms with van der Waals surface area (Å²) in [6.45, 7) is 0.475. The van der Waals surface area contributed by atoms with Crippen molar-refractivity contribution in [2.24, 2.45) is 5.92 Å². The van der Waals surface area contributed by atoms with Gasteiger partial charge in [-0.1, -0.05) is 19.3 Å². The lowest BCUT2D eigenvalue weighted by atomic mass is 9.89. The summed E-state index contributed by atoms with van der Waals surface area (Å²) in [4.78, 5) is 35.6. The molecular formula is C12H18N2O4. The Labute approximate surface area is 106 Å². The molecule has 2 fully saturated rings. The summed E-state index contributed by atoms with van der Waals surface area (Å²) in [7, 11) is 0. The van der Waals surface area contributed by atoms with E-state index in [2.05, 4.69) is 5.32 Å². The average Bonchev–Trinajstić information content (AvgIpc) is 2.83. The minimum absolute atomic E-state index is 0.0704. The van der Waals surface area contributed by atoms with Crippen LogP contribution >= 0.6 is 0 Å². The van der Waals surface area contributed by atoms with Crippen molar-refractivity contribution in [3.05, 3.63) is 0 Å². The van der Waals surface area contributed by atoms with Crippen LogP contribution in [0, 0.1) is 5.92 Å².